The smallest absolute Gasteiger partial charge is 0.325 e. The fraction of sp³-hybridized carbons (Fsp3) is 0.263. The Hall–Kier alpha value is -2.58. The summed E-state index contributed by atoms with van der Waals surface area (Å²) >= 11 is 5.82. The highest BCUT2D eigenvalue weighted by Gasteiger charge is 2.48. The topological polar surface area (TPSA) is 92.8 Å². The van der Waals surface area contributed by atoms with Gasteiger partial charge in [0.25, 0.3) is 5.91 Å². The lowest BCUT2D eigenvalue weighted by Gasteiger charge is -2.22. The van der Waals surface area contributed by atoms with Crippen LogP contribution in [0.15, 0.2) is 53.4 Å². The Morgan fingerprint density at radius 2 is 1.68 bits per heavy atom. The number of benzene rings is 2. The van der Waals surface area contributed by atoms with Crippen molar-refractivity contribution in [2.75, 3.05) is 19.4 Å². The molecule has 1 saturated heterocycles. The first-order valence-corrected chi connectivity index (χ1v) is 10.7. The third-order valence-corrected chi connectivity index (χ3v) is 5.91. The number of carbonyl (C=O) groups excluding carboxylic acids is 2. The number of hydrogen-bond donors (Lipinski definition) is 1. The van der Waals surface area contributed by atoms with Gasteiger partial charge in [0.2, 0.25) is 0 Å². The first-order valence-electron chi connectivity index (χ1n) is 8.44. The number of nitrogens with one attached hydrogen (secondary N) is 1. The number of ether oxygens (including phenoxy) is 1. The highest BCUT2D eigenvalue weighted by atomic mass is 35.5. The molecule has 1 aliphatic heterocycles. The molecule has 0 spiro atoms. The third kappa shape index (κ3) is 3.98. The van der Waals surface area contributed by atoms with Crippen LogP contribution in [0.25, 0.3) is 0 Å². The monoisotopic (exact) mass is 422 g/mol. The summed E-state index contributed by atoms with van der Waals surface area (Å²) < 4.78 is 28.8. The number of carbonyl (C=O) groups is 2. The zero-order valence-electron chi connectivity index (χ0n) is 15.3. The van der Waals surface area contributed by atoms with E-state index in [9.17, 15) is 18.0 Å². The fourth-order valence-electron chi connectivity index (χ4n) is 2.92. The summed E-state index contributed by atoms with van der Waals surface area (Å²) in [5.41, 5.74) is -0.771. The molecule has 0 aliphatic carbocycles. The fourth-order valence-corrected chi connectivity index (χ4v) is 3.67. The number of halogens is 1. The highest BCUT2D eigenvalue weighted by molar-refractivity contribution is 7.90. The second kappa shape index (κ2) is 7.44. The van der Waals surface area contributed by atoms with Crippen molar-refractivity contribution in [1.82, 2.24) is 10.2 Å². The first kappa shape index (κ1) is 20.2. The number of nitrogens with zero attached hydrogens (tertiary/aromatic N) is 1. The van der Waals surface area contributed by atoms with E-state index in [1.807, 2.05) is 0 Å². The maximum absolute atomic E-state index is 12.9. The van der Waals surface area contributed by atoms with Crippen LogP contribution in [0.2, 0.25) is 5.02 Å². The van der Waals surface area contributed by atoms with E-state index in [2.05, 4.69) is 5.32 Å². The molecule has 0 saturated carbocycles. The van der Waals surface area contributed by atoms with Crippen LogP contribution < -0.4 is 10.1 Å². The minimum atomic E-state index is -3.35. The van der Waals surface area contributed by atoms with Gasteiger partial charge < -0.3 is 10.1 Å². The molecule has 0 radical (unpaired) electrons. The van der Waals surface area contributed by atoms with E-state index in [1.165, 1.54) is 24.3 Å². The van der Waals surface area contributed by atoms with Gasteiger partial charge in [0, 0.05) is 11.3 Å². The number of imide groups is 1. The molecule has 0 aromatic heterocycles. The Morgan fingerprint density at radius 3 is 2.25 bits per heavy atom. The van der Waals surface area contributed by atoms with Crippen molar-refractivity contribution < 1.29 is 22.7 Å². The SMILES string of the molecule is C[C@@]1(c2ccc(S(C)(=O)=O)cc2)NC(=O)N(CCOc2ccc(Cl)cc2)C1=O. The third-order valence-electron chi connectivity index (χ3n) is 4.53. The van der Waals surface area contributed by atoms with Gasteiger partial charge >= 0.3 is 6.03 Å². The quantitative estimate of drug-likeness (QED) is 0.722. The van der Waals surface area contributed by atoms with Crippen molar-refractivity contribution >= 4 is 33.4 Å². The molecule has 148 valence electrons. The summed E-state index contributed by atoms with van der Waals surface area (Å²) in [6, 6.07) is 12.1. The van der Waals surface area contributed by atoms with E-state index in [-0.39, 0.29) is 18.0 Å². The molecular formula is C19H19ClN2O5S. The van der Waals surface area contributed by atoms with Gasteiger partial charge in [0.1, 0.15) is 17.9 Å². The molecule has 0 bridgehead atoms. The predicted octanol–water partition coefficient (Wildman–Crippen LogP) is 2.59. The lowest BCUT2D eigenvalue weighted by atomic mass is 9.92. The van der Waals surface area contributed by atoms with Crippen molar-refractivity contribution in [2.45, 2.75) is 17.4 Å². The van der Waals surface area contributed by atoms with Gasteiger partial charge in [0.15, 0.2) is 9.84 Å². The lowest BCUT2D eigenvalue weighted by Crippen LogP contribution is -2.41. The van der Waals surface area contributed by atoms with Crippen molar-refractivity contribution in [3.63, 3.8) is 0 Å². The molecule has 7 nitrogen and oxygen atoms in total. The van der Waals surface area contributed by atoms with E-state index in [0.29, 0.717) is 16.3 Å². The Bertz CT molecular complexity index is 1010. The standard InChI is InChI=1S/C19H19ClN2O5S/c1-19(13-3-9-16(10-4-13)28(2,25)26)17(23)22(18(24)21-19)11-12-27-15-7-5-14(20)6-8-15/h3-10H,11-12H2,1-2H3,(H,21,24)/t19-/m0/s1. The predicted molar refractivity (Wildman–Crippen MR) is 104 cm³/mol. The molecule has 9 heteroatoms. The Labute approximate surface area is 168 Å². The van der Waals surface area contributed by atoms with Crippen molar-refractivity contribution in [3.05, 3.63) is 59.1 Å². The average Bonchev–Trinajstić information content (AvgIpc) is 2.86. The first-order chi connectivity index (χ1) is 13.1. The maximum Gasteiger partial charge on any atom is 0.325 e. The molecule has 1 heterocycles. The molecule has 1 N–H and O–H groups in total. The largest absolute Gasteiger partial charge is 0.492 e. The number of rotatable bonds is 6. The second-order valence-electron chi connectivity index (χ2n) is 6.61. The zero-order valence-corrected chi connectivity index (χ0v) is 16.9. The van der Waals surface area contributed by atoms with Gasteiger partial charge in [-0.3, -0.25) is 9.69 Å². The van der Waals surface area contributed by atoms with Crippen molar-refractivity contribution in [3.8, 4) is 5.75 Å². The van der Waals surface area contributed by atoms with Crippen LogP contribution in [0.4, 0.5) is 4.79 Å². The van der Waals surface area contributed by atoms with E-state index >= 15 is 0 Å². The van der Waals surface area contributed by atoms with Crippen molar-refractivity contribution in [1.29, 1.82) is 0 Å². The van der Waals surface area contributed by atoms with Crippen LogP contribution >= 0.6 is 11.6 Å². The Balaban J connectivity index is 1.70. The summed E-state index contributed by atoms with van der Waals surface area (Å²) in [6.07, 6.45) is 1.11. The number of sulfone groups is 1. The molecule has 3 amide bonds. The number of amides is 3. The number of hydrogen-bond acceptors (Lipinski definition) is 5. The average molecular weight is 423 g/mol. The molecule has 2 aromatic carbocycles. The van der Waals surface area contributed by atoms with E-state index < -0.39 is 27.3 Å². The normalized spacial score (nSPS) is 19.6. The van der Waals surface area contributed by atoms with E-state index in [0.717, 1.165) is 11.2 Å². The molecule has 0 unspecified atom stereocenters. The van der Waals surface area contributed by atoms with Gasteiger partial charge in [-0.05, 0) is 48.9 Å². The van der Waals surface area contributed by atoms with Gasteiger partial charge in [-0.2, -0.15) is 0 Å². The van der Waals surface area contributed by atoms with E-state index in [1.54, 1.807) is 31.2 Å². The Kier molecular flexibility index (Phi) is 5.36. The minimum absolute atomic E-state index is 0.0737. The van der Waals surface area contributed by atoms with Crippen LogP contribution in [0, 0.1) is 0 Å². The van der Waals surface area contributed by atoms with Crippen LogP contribution in [-0.4, -0.2) is 44.7 Å². The van der Waals surface area contributed by atoms with Crippen molar-refractivity contribution in [2.24, 2.45) is 0 Å². The van der Waals surface area contributed by atoms with E-state index in [4.69, 9.17) is 16.3 Å². The number of urea groups is 1. The van der Waals surface area contributed by atoms with Crippen LogP contribution in [0.5, 0.6) is 5.75 Å². The molecule has 1 atom stereocenters. The molecular weight excluding hydrogens is 404 g/mol. The maximum atomic E-state index is 12.9. The van der Waals surface area contributed by atoms with Gasteiger partial charge in [-0.1, -0.05) is 23.7 Å². The lowest BCUT2D eigenvalue weighted by molar-refractivity contribution is -0.131. The van der Waals surface area contributed by atoms with Crippen LogP contribution in [0.3, 0.4) is 0 Å². The van der Waals surface area contributed by atoms with Crippen LogP contribution in [-0.2, 0) is 20.2 Å². The summed E-state index contributed by atoms with van der Waals surface area (Å²) in [5.74, 6) is 0.153. The zero-order chi connectivity index (χ0) is 20.5. The van der Waals surface area contributed by atoms with Gasteiger partial charge in [-0.25, -0.2) is 13.2 Å². The molecule has 2 aromatic rings. The summed E-state index contributed by atoms with van der Waals surface area (Å²) in [5, 5.41) is 3.26. The molecule has 1 fully saturated rings. The highest BCUT2D eigenvalue weighted by Crippen LogP contribution is 2.29. The Morgan fingerprint density at radius 1 is 1.07 bits per heavy atom. The summed E-state index contributed by atoms with van der Waals surface area (Å²) in [6.45, 7) is 1.79. The molecule has 1 aliphatic rings. The summed E-state index contributed by atoms with van der Waals surface area (Å²) in [4.78, 5) is 26.4. The molecule has 3 rings (SSSR count). The summed E-state index contributed by atoms with van der Waals surface area (Å²) in [7, 11) is -3.35. The van der Waals surface area contributed by atoms with Gasteiger partial charge in [0.05, 0.1) is 11.4 Å². The van der Waals surface area contributed by atoms with Crippen LogP contribution in [0.1, 0.15) is 12.5 Å². The minimum Gasteiger partial charge on any atom is -0.492 e. The second-order valence-corrected chi connectivity index (χ2v) is 9.06. The molecule has 28 heavy (non-hydrogen) atoms. The van der Waals surface area contributed by atoms with Gasteiger partial charge in [-0.15, -0.1) is 0 Å².